The Morgan fingerprint density at radius 3 is 2.83 bits per heavy atom. The molecule has 0 bridgehead atoms. The standard InChI is InChI=1S/C21H22ClN7O/c1-2-24-20(30)17-12-26-21(29-19(17)27-16-6-8-25-18(22)10-16)28-15-4-3-14-11-23-7-5-13(14)9-15/h3-4,6,8-10,12,23H,2,5,7,11H2,1H3,(H,24,30)(H2,25,26,27,28,29). The summed E-state index contributed by atoms with van der Waals surface area (Å²) < 4.78 is 0. The molecule has 1 aromatic carbocycles. The molecule has 30 heavy (non-hydrogen) atoms. The molecule has 1 aliphatic heterocycles. The molecule has 3 heterocycles. The first-order chi connectivity index (χ1) is 14.6. The van der Waals surface area contributed by atoms with Gasteiger partial charge in [-0.15, -0.1) is 0 Å². The van der Waals surface area contributed by atoms with Gasteiger partial charge in [0.05, 0.1) is 0 Å². The molecule has 0 saturated heterocycles. The number of aromatic nitrogens is 3. The van der Waals surface area contributed by atoms with E-state index in [-0.39, 0.29) is 5.91 Å². The highest BCUT2D eigenvalue weighted by Crippen LogP contribution is 2.24. The molecule has 9 heteroatoms. The van der Waals surface area contributed by atoms with Crippen molar-refractivity contribution in [3.63, 3.8) is 0 Å². The molecule has 1 amide bonds. The van der Waals surface area contributed by atoms with Crippen molar-refractivity contribution in [1.82, 2.24) is 25.6 Å². The van der Waals surface area contributed by atoms with Crippen molar-refractivity contribution >= 4 is 40.6 Å². The highest BCUT2D eigenvalue weighted by atomic mass is 35.5. The minimum absolute atomic E-state index is 0.256. The molecule has 1 aliphatic rings. The lowest BCUT2D eigenvalue weighted by Crippen LogP contribution is -2.24. The smallest absolute Gasteiger partial charge is 0.256 e. The van der Waals surface area contributed by atoms with Crippen LogP contribution in [-0.4, -0.2) is 33.9 Å². The third-order valence-electron chi connectivity index (χ3n) is 4.71. The Bertz CT molecular complexity index is 1070. The lowest BCUT2D eigenvalue weighted by atomic mass is 10.0. The third-order valence-corrected chi connectivity index (χ3v) is 4.92. The fourth-order valence-electron chi connectivity index (χ4n) is 3.26. The topological polar surface area (TPSA) is 104 Å². The molecule has 0 saturated carbocycles. The van der Waals surface area contributed by atoms with Gasteiger partial charge in [0.1, 0.15) is 16.5 Å². The summed E-state index contributed by atoms with van der Waals surface area (Å²) in [5.41, 5.74) is 4.52. The van der Waals surface area contributed by atoms with Gasteiger partial charge in [-0.1, -0.05) is 17.7 Å². The second kappa shape index (κ2) is 9.06. The van der Waals surface area contributed by atoms with Crippen molar-refractivity contribution < 1.29 is 4.79 Å². The number of hydrogen-bond donors (Lipinski definition) is 4. The third kappa shape index (κ3) is 4.67. The lowest BCUT2D eigenvalue weighted by molar-refractivity contribution is 0.0956. The van der Waals surface area contributed by atoms with E-state index in [4.69, 9.17) is 11.6 Å². The Labute approximate surface area is 179 Å². The van der Waals surface area contributed by atoms with Crippen molar-refractivity contribution in [2.24, 2.45) is 0 Å². The summed E-state index contributed by atoms with van der Waals surface area (Å²) in [5.74, 6) is 0.510. The maximum Gasteiger partial charge on any atom is 0.256 e. The van der Waals surface area contributed by atoms with Gasteiger partial charge in [-0.2, -0.15) is 4.98 Å². The molecule has 4 N–H and O–H groups in total. The predicted octanol–water partition coefficient (Wildman–Crippen LogP) is 3.41. The molecule has 0 aliphatic carbocycles. The monoisotopic (exact) mass is 423 g/mol. The van der Waals surface area contributed by atoms with Crippen molar-refractivity contribution in [2.45, 2.75) is 19.9 Å². The summed E-state index contributed by atoms with van der Waals surface area (Å²) >= 11 is 5.98. The molecule has 4 rings (SSSR count). The predicted molar refractivity (Wildman–Crippen MR) is 118 cm³/mol. The Morgan fingerprint density at radius 2 is 2.00 bits per heavy atom. The largest absolute Gasteiger partial charge is 0.352 e. The number of amides is 1. The maximum atomic E-state index is 12.5. The van der Waals surface area contributed by atoms with Gasteiger partial charge in [0.15, 0.2) is 0 Å². The summed E-state index contributed by atoms with van der Waals surface area (Å²) in [7, 11) is 0. The van der Waals surface area contributed by atoms with E-state index in [2.05, 4.69) is 48.4 Å². The van der Waals surface area contributed by atoms with Crippen molar-refractivity contribution in [2.75, 3.05) is 23.7 Å². The quantitative estimate of drug-likeness (QED) is 0.450. The summed E-state index contributed by atoms with van der Waals surface area (Å²) in [4.78, 5) is 25.3. The minimum Gasteiger partial charge on any atom is -0.352 e. The van der Waals surface area contributed by atoms with Crippen LogP contribution in [0.25, 0.3) is 0 Å². The van der Waals surface area contributed by atoms with Gasteiger partial charge in [0, 0.05) is 36.9 Å². The molecule has 0 spiro atoms. The SMILES string of the molecule is CCNC(=O)c1cnc(Nc2ccc3c(c2)CCNC3)nc1Nc1ccnc(Cl)c1. The Kier molecular flexibility index (Phi) is 6.06. The number of pyridine rings is 1. The first kappa shape index (κ1) is 20.1. The van der Waals surface area contributed by atoms with Crippen LogP contribution in [0, 0.1) is 0 Å². The number of hydrogen-bond acceptors (Lipinski definition) is 7. The average molecular weight is 424 g/mol. The van der Waals surface area contributed by atoms with Crippen LogP contribution in [0.1, 0.15) is 28.4 Å². The van der Waals surface area contributed by atoms with Crippen molar-refractivity contribution in [3.05, 3.63) is 64.6 Å². The number of nitrogens with zero attached hydrogens (tertiary/aromatic N) is 3. The summed E-state index contributed by atoms with van der Waals surface area (Å²) in [6.07, 6.45) is 4.07. The second-order valence-corrected chi connectivity index (χ2v) is 7.23. The van der Waals surface area contributed by atoms with Crippen LogP contribution < -0.4 is 21.3 Å². The van der Waals surface area contributed by atoms with Gasteiger partial charge in [-0.25, -0.2) is 9.97 Å². The van der Waals surface area contributed by atoms with Crippen LogP contribution in [0.4, 0.5) is 23.1 Å². The number of benzene rings is 1. The highest BCUT2D eigenvalue weighted by Gasteiger charge is 2.16. The fraction of sp³-hybridized carbons (Fsp3) is 0.238. The highest BCUT2D eigenvalue weighted by molar-refractivity contribution is 6.29. The first-order valence-corrected chi connectivity index (χ1v) is 10.1. The maximum absolute atomic E-state index is 12.5. The molecule has 0 unspecified atom stereocenters. The number of nitrogens with one attached hydrogen (secondary N) is 4. The van der Waals surface area contributed by atoms with Crippen LogP contribution in [0.15, 0.2) is 42.7 Å². The number of carbonyl (C=O) groups excluding carboxylic acids is 1. The van der Waals surface area contributed by atoms with Crippen LogP contribution in [0.2, 0.25) is 5.15 Å². The van der Waals surface area contributed by atoms with Crippen molar-refractivity contribution in [3.8, 4) is 0 Å². The Morgan fingerprint density at radius 1 is 1.13 bits per heavy atom. The van der Waals surface area contributed by atoms with E-state index in [9.17, 15) is 4.79 Å². The zero-order chi connectivity index (χ0) is 20.9. The summed E-state index contributed by atoms with van der Waals surface area (Å²) in [5, 5.41) is 12.9. The van der Waals surface area contributed by atoms with Crippen LogP contribution in [-0.2, 0) is 13.0 Å². The molecular formula is C21H22ClN7O. The number of halogens is 1. The first-order valence-electron chi connectivity index (χ1n) is 9.75. The molecular weight excluding hydrogens is 402 g/mol. The molecule has 0 atom stereocenters. The number of anilines is 4. The average Bonchev–Trinajstić information content (AvgIpc) is 2.74. The van der Waals surface area contributed by atoms with Gasteiger partial charge in [-0.05, 0) is 55.3 Å². The normalized spacial score (nSPS) is 12.7. The minimum atomic E-state index is -0.256. The van der Waals surface area contributed by atoms with E-state index in [0.29, 0.717) is 34.7 Å². The van der Waals surface area contributed by atoms with Gasteiger partial charge >= 0.3 is 0 Å². The van der Waals surface area contributed by atoms with Gasteiger partial charge in [0.2, 0.25) is 5.95 Å². The summed E-state index contributed by atoms with van der Waals surface area (Å²) in [6, 6.07) is 9.64. The van der Waals surface area contributed by atoms with E-state index < -0.39 is 0 Å². The van der Waals surface area contributed by atoms with Crippen molar-refractivity contribution in [1.29, 1.82) is 0 Å². The Hall–Kier alpha value is -3.23. The molecule has 8 nitrogen and oxygen atoms in total. The van der Waals surface area contributed by atoms with E-state index in [1.807, 2.05) is 13.0 Å². The lowest BCUT2D eigenvalue weighted by Gasteiger charge is -2.18. The van der Waals surface area contributed by atoms with Gasteiger partial charge in [-0.3, -0.25) is 4.79 Å². The zero-order valence-electron chi connectivity index (χ0n) is 16.5. The molecule has 2 aromatic heterocycles. The molecule has 3 aromatic rings. The second-order valence-electron chi connectivity index (χ2n) is 6.84. The number of carbonyl (C=O) groups is 1. The number of fused-ring (bicyclic) bond motifs is 1. The van der Waals surface area contributed by atoms with Crippen LogP contribution in [0.3, 0.4) is 0 Å². The zero-order valence-corrected chi connectivity index (χ0v) is 17.3. The van der Waals surface area contributed by atoms with E-state index in [0.717, 1.165) is 25.2 Å². The molecule has 154 valence electrons. The molecule has 0 fully saturated rings. The Balaban J connectivity index is 1.63. The van der Waals surface area contributed by atoms with Gasteiger partial charge < -0.3 is 21.3 Å². The van der Waals surface area contributed by atoms with E-state index >= 15 is 0 Å². The number of rotatable bonds is 6. The summed E-state index contributed by atoms with van der Waals surface area (Å²) in [6.45, 7) is 4.21. The van der Waals surface area contributed by atoms with E-state index in [1.165, 1.54) is 17.3 Å². The molecule has 0 radical (unpaired) electrons. The van der Waals surface area contributed by atoms with Crippen LogP contribution in [0.5, 0.6) is 0 Å². The fourth-order valence-corrected chi connectivity index (χ4v) is 3.43. The van der Waals surface area contributed by atoms with Gasteiger partial charge in [0.25, 0.3) is 5.91 Å². The van der Waals surface area contributed by atoms with E-state index in [1.54, 1.807) is 18.3 Å². The van der Waals surface area contributed by atoms with Crippen LogP contribution >= 0.6 is 11.6 Å².